The highest BCUT2D eigenvalue weighted by atomic mass is 35.5. The number of ether oxygens (including phenoxy) is 2. The largest absolute Gasteiger partial charge is 0.481 e. The highest BCUT2D eigenvalue weighted by Crippen LogP contribution is 2.36. The van der Waals surface area contributed by atoms with Gasteiger partial charge < -0.3 is 13.9 Å². The number of esters is 1. The summed E-state index contributed by atoms with van der Waals surface area (Å²) < 4.78 is 17.1. The number of hydrogen-bond acceptors (Lipinski definition) is 5. The van der Waals surface area contributed by atoms with Crippen molar-refractivity contribution in [2.24, 2.45) is 0 Å². The Morgan fingerprint density at radius 2 is 1.73 bits per heavy atom. The topological polar surface area (TPSA) is 65.7 Å². The van der Waals surface area contributed by atoms with Crippen LogP contribution in [0.1, 0.15) is 28.4 Å². The van der Waals surface area contributed by atoms with E-state index in [1.165, 1.54) is 0 Å². The lowest BCUT2D eigenvalue weighted by atomic mass is 10.1. The molecule has 5 nitrogen and oxygen atoms in total. The monoisotopic (exact) mass is 482 g/mol. The predicted molar refractivity (Wildman–Crippen MR) is 129 cm³/mol. The fraction of sp³-hybridized carbons (Fsp3) is 0.154. The molecule has 7 heteroatoms. The molecule has 3 aromatic carbocycles. The molecule has 4 aromatic rings. The Hall–Kier alpha value is -3.28. The minimum absolute atomic E-state index is 0.0324. The summed E-state index contributed by atoms with van der Waals surface area (Å²) in [5.74, 6) is -0.124. The molecule has 168 valence electrons. The molecule has 0 aliphatic rings. The van der Waals surface area contributed by atoms with Crippen molar-refractivity contribution in [3.8, 4) is 17.1 Å². The Labute approximate surface area is 200 Å². The van der Waals surface area contributed by atoms with Crippen molar-refractivity contribution in [1.82, 2.24) is 0 Å². The third-order valence-electron chi connectivity index (χ3n) is 5.10. The number of fused-ring (bicyclic) bond motifs is 1. The first-order valence-corrected chi connectivity index (χ1v) is 11.1. The molecule has 0 bridgehead atoms. The van der Waals surface area contributed by atoms with E-state index in [9.17, 15) is 9.59 Å². The van der Waals surface area contributed by atoms with Crippen LogP contribution >= 0.6 is 23.2 Å². The first-order chi connectivity index (χ1) is 15.9. The summed E-state index contributed by atoms with van der Waals surface area (Å²) in [6.45, 7) is 3.97. The van der Waals surface area contributed by atoms with Gasteiger partial charge in [-0.2, -0.15) is 0 Å². The standard InChI is InChI=1S/C26H20Cl2O5/c1-3-31-26(30)17-10-8-16(9-11-17)14-32-25-23(29)19-13-21(28)15(2)12-22(19)33-24(25)18-6-4-5-7-20(18)27/h4-13H,3,14H2,1-2H3. The van der Waals surface area contributed by atoms with E-state index in [1.807, 2.05) is 6.92 Å². The van der Waals surface area contributed by atoms with Crippen LogP contribution in [0.25, 0.3) is 22.3 Å². The predicted octanol–water partition coefficient (Wildman–Crippen LogP) is 6.83. The average Bonchev–Trinajstić information content (AvgIpc) is 2.81. The molecule has 0 aliphatic carbocycles. The Morgan fingerprint density at radius 1 is 1.00 bits per heavy atom. The van der Waals surface area contributed by atoms with Crippen LogP contribution < -0.4 is 10.2 Å². The Kier molecular flexibility index (Phi) is 6.72. The van der Waals surface area contributed by atoms with E-state index in [2.05, 4.69) is 0 Å². The summed E-state index contributed by atoms with van der Waals surface area (Å²) in [5.41, 5.74) is 2.56. The molecule has 0 radical (unpaired) electrons. The minimum Gasteiger partial charge on any atom is -0.481 e. The van der Waals surface area contributed by atoms with Gasteiger partial charge in [-0.15, -0.1) is 0 Å². The molecule has 0 saturated carbocycles. The van der Waals surface area contributed by atoms with Gasteiger partial charge in [-0.25, -0.2) is 4.79 Å². The molecule has 0 amide bonds. The lowest BCUT2D eigenvalue weighted by Crippen LogP contribution is -2.11. The summed E-state index contributed by atoms with van der Waals surface area (Å²) in [4.78, 5) is 25.2. The number of rotatable bonds is 6. The number of carbonyl (C=O) groups excluding carboxylic acids is 1. The van der Waals surface area contributed by atoms with Crippen LogP contribution in [0.2, 0.25) is 10.0 Å². The van der Waals surface area contributed by atoms with Gasteiger partial charge in [0.05, 0.1) is 22.6 Å². The molecule has 33 heavy (non-hydrogen) atoms. The maximum Gasteiger partial charge on any atom is 0.338 e. The first kappa shape index (κ1) is 22.9. The number of hydrogen-bond donors (Lipinski definition) is 0. The normalized spacial score (nSPS) is 10.9. The van der Waals surface area contributed by atoms with Crippen LogP contribution in [0.15, 0.2) is 69.9 Å². The molecule has 0 aliphatic heterocycles. The van der Waals surface area contributed by atoms with Gasteiger partial charge >= 0.3 is 5.97 Å². The van der Waals surface area contributed by atoms with E-state index in [1.54, 1.807) is 67.6 Å². The molecule has 1 aromatic heterocycles. The van der Waals surface area contributed by atoms with Gasteiger partial charge in [0.15, 0.2) is 5.76 Å². The van der Waals surface area contributed by atoms with Gasteiger partial charge in [0, 0.05) is 10.6 Å². The molecule has 0 N–H and O–H groups in total. The van der Waals surface area contributed by atoms with Gasteiger partial charge in [-0.3, -0.25) is 4.79 Å². The zero-order valence-corrected chi connectivity index (χ0v) is 19.5. The van der Waals surface area contributed by atoms with Crippen molar-refractivity contribution < 1.29 is 18.7 Å². The zero-order chi connectivity index (χ0) is 23.5. The fourth-order valence-corrected chi connectivity index (χ4v) is 3.74. The van der Waals surface area contributed by atoms with Crippen molar-refractivity contribution >= 4 is 40.1 Å². The van der Waals surface area contributed by atoms with Gasteiger partial charge in [0.1, 0.15) is 12.2 Å². The Balaban J connectivity index is 1.76. The molecule has 0 fully saturated rings. The molecule has 4 rings (SSSR count). The molecule has 1 heterocycles. The number of halogens is 2. The van der Waals surface area contributed by atoms with E-state index in [0.717, 1.165) is 11.1 Å². The second kappa shape index (κ2) is 9.69. The van der Waals surface area contributed by atoms with Crippen molar-refractivity contribution in [2.75, 3.05) is 6.61 Å². The van der Waals surface area contributed by atoms with E-state index in [4.69, 9.17) is 37.1 Å². The molecular weight excluding hydrogens is 463 g/mol. The van der Waals surface area contributed by atoms with Crippen LogP contribution in [-0.2, 0) is 11.3 Å². The van der Waals surface area contributed by atoms with Crippen LogP contribution in [0.3, 0.4) is 0 Å². The molecule has 0 unspecified atom stereocenters. The second-order valence-corrected chi connectivity index (χ2v) is 8.19. The molecule has 0 spiro atoms. The van der Waals surface area contributed by atoms with Crippen LogP contribution in [0.5, 0.6) is 5.75 Å². The van der Waals surface area contributed by atoms with Crippen molar-refractivity contribution in [3.63, 3.8) is 0 Å². The number of carbonyl (C=O) groups is 1. The van der Waals surface area contributed by atoms with Crippen LogP contribution in [0.4, 0.5) is 0 Å². The summed E-state index contributed by atoms with van der Waals surface area (Å²) in [6.07, 6.45) is 0. The average molecular weight is 483 g/mol. The van der Waals surface area contributed by atoms with Crippen molar-refractivity contribution in [3.05, 3.63) is 97.6 Å². The lowest BCUT2D eigenvalue weighted by molar-refractivity contribution is 0.0526. The highest BCUT2D eigenvalue weighted by Gasteiger charge is 2.20. The lowest BCUT2D eigenvalue weighted by Gasteiger charge is -2.13. The third-order valence-corrected chi connectivity index (χ3v) is 5.83. The SMILES string of the molecule is CCOC(=O)c1ccc(COc2c(-c3ccccc3Cl)oc3cc(C)c(Cl)cc3c2=O)cc1. The van der Waals surface area contributed by atoms with E-state index < -0.39 is 5.97 Å². The van der Waals surface area contributed by atoms with Crippen LogP contribution in [-0.4, -0.2) is 12.6 Å². The first-order valence-electron chi connectivity index (χ1n) is 10.3. The highest BCUT2D eigenvalue weighted by molar-refractivity contribution is 6.33. The summed E-state index contributed by atoms with van der Waals surface area (Å²) in [7, 11) is 0. The van der Waals surface area contributed by atoms with Crippen molar-refractivity contribution in [1.29, 1.82) is 0 Å². The molecule has 0 atom stereocenters. The maximum atomic E-state index is 13.4. The van der Waals surface area contributed by atoms with E-state index >= 15 is 0 Å². The number of benzene rings is 3. The minimum atomic E-state index is -0.395. The Morgan fingerprint density at radius 3 is 2.42 bits per heavy atom. The Bertz CT molecular complexity index is 1390. The third kappa shape index (κ3) is 4.75. The smallest absolute Gasteiger partial charge is 0.338 e. The van der Waals surface area contributed by atoms with E-state index in [-0.39, 0.29) is 23.5 Å². The number of aryl methyl sites for hydroxylation is 1. The van der Waals surface area contributed by atoms with Gasteiger partial charge in [-0.1, -0.05) is 47.5 Å². The van der Waals surface area contributed by atoms with Gasteiger partial charge in [0.2, 0.25) is 11.2 Å². The summed E-state index contributed by atoms with van der Waals surface area (Å²) in [6, 6.07) is 17.1. The van der Waals surface area contributed by atoms with Crippen molar-refractivity contribution in [2.45, 2.75) is 20.5 Å². The second-order valence-electron chi connectivity index (χ2n) is 7.37. The quantitative estimate of drug-likeness (QED) is 0.281. The maximum absolute atomic E-state index is 13.4. The fourth-order valence-electron chi connectivity index (χ4n) is 3.36. The molecular formula is C26H20Cl2O5. The molecule has 0 saturated heterocycles. The van der Waals surface area contributed by atoms with Crippen LogP contribution in [0, 0.1) is 6.92 Å². The van der Waals surface area contributed by atoms with Gasteiger partial charge in [-0.05, 0) is 61.4 Å². The van der Waals surface area contributed by atoms with Gasteiger partial charge in [0.25, 0.3) is 0 Å². The van der Waals surface area contributed by atoms with E-state index in [0.29, 0.717) is 38.7 Å². The zero-order valence-electron chi connectivity index (χ0n) is 18.0. The summed E-state index contributed by atoms with van der Waals surface area (Å²) in [5, 5.41) is 1.20. The summed E-state index contributed by atoms with van der Waals surface area (Å²) >= 11 is 12.6.